The number of terminal acetylenes is 1. The first-order valence-corrected chi connectivity index (χ1v) is 15.6. The van der Waals surface area contributed by atoms with Gasteiger partial charge in [-0.3, -0.25) is 9.88 Å². The second-order valence-corrected chi connectivity index (χ2v) is 12.9. The SMILES string of the molecule is C#Cc1c(F)ccc2cc(N)cc(-c3ncc4c(N5CCOC[C@H]6[C@H](F)[C@H]65)nc(OC[C@@]56CCCN5[C@H](C)[C@H](F)C6)nc4c3F)c12. The van der Waals surface area contributed by atoms with Gasteiger partial charge in [0.1, 0.15) is 41.8 Å². The lowest BCUT2D eigenvalue weighted by Gasteiger charge is -2.33. The van der Waals surface area contributed by atoms with E-state index < -0.39 is 35.6 Å². The number of ether oxygens (including phenoxy) is 2. The molecule has 0 radical (unpaired) electrons. The molecule has 4 fully saturated rings. The van der Waals surface area contributed by atoms with Crippen molar-refractivity contribution in [1.29, 1.82) is 0 Å². The van der Waals surface area contributed by atoms with Crippen LogP contribution in [0, 0.1) is 29.9 Å². The van der Waals surface area contributed by atoms with Gasteiger partial charge in [0.15, 0.2) is 5.82 Å². The molecule has 8 nitrogen and oxygen atoms in total. The number of anilines is 2. The Bertz CT molecular complexity index is 1940. The van der Waals surface area contributed by atoms with Crippen LogP contribution in [0.15, 0.2) is 30.5 Å². The van der Waals surface area contributed by atoms with Crippen LogP contribution in [0.5, 0.6) is 6.01 Å². The summed E-state index contributed by atoms with van der Waals surface area (Å²) >= 11 is 0. The van der Waals surface area contributed by atoms with Crippen LogP contribution >= 0.6 is 0 Å². The molecule has 4 aromatic rings. The highest BCUT2D eigenvalue weighted by atomic mass is 19.1. The highest BCUT2D eigenvalue weighted by Gasteiger charge is 2.57. The summed E-state index contributed by atoms with van der Waals surface area (Å²) in [5, 5.41) is 1.06. The van der Waals surface area contributed by atoms with Crippen LogP contribution in [0.3, 0.4) is 0 Å². The first-order chi connectivity index (χ1) is 22.2. The molecule has 0 unspecified atom stereocenters. The third-order valence-corrected chi connectivity index (χ3v) is 10.3. The van der Waals surface area contributed by atoms with Gasteiger partial charge >= 0.3 is 6.01 Å². The predicted octanol–water partition coefficient (Wildman–Crippen LogP) is 5.20. The summed E-state index contributed by atoms with van der Waals surface area (Å²) in [6, 6.07) is 5.04. The number of aromatic nitrogens is 3. The highest BCUT2D eigenvalue weighted by Crippen LogP contribution is 2.46. The van der Waals surface area contributed by atoms with Gasteiger partial charge in [-0.25, -0.2) is 17.6 Å². The summed E-state index contributed by atoms with van der Waals surface area (Å²) in [6.45, 7) is 3.70. The zero-order valence-electron chi connectivity index (χ0n) is 25.1. The molecule has 12 heteroatoms. The van der Waals surface area contributed by atoms with Crippen molar-refractivity contribution >= 4 is 33.2 Å². The standard InChI is InChI=1S/C34H32F4N6O2/c1-3-20-24(35)6-5-18-11-19(39)12-21(26(18)20)29-28(38)30-22(14-40-29)32(43-9-10-45-15-23-27(37)31(23)43)42-33(41-30)46-16-34-7-4-8-44(34)17(2)25(36)13-34/h1,5-6,11-12,14,17,23,25,27,31H,4,7-10,13,15-16,39H2,2H3/t17-,23+,25-,27+,31+,34+/m1/s1. The quantitative estimate of drug-likeness (QED) is 0.183. The molecule has 2 aromatic heterocycles. The molecule has 6 atom stereocenters. The van der Waals surface area contributed by atoms with Gasteiger partial charge in [-0.1, -0.05) is 12.0 Å². The summed E-state index contributed by atoms with van der Waals surface area (Å²) in [5.74, 6) is 0.857. The average molecular weight is 633 g/mol. The molecule has 238 valence electrons. The van der Waals surface area contributed by atoms with Crippen LogP contribution in [-0.4, -0.2) is 82.7 Å². The van der Waals surface area contributed by atoms with Crippen molar-refractivity contribution in [2.75, 3.05) is 43.5 Å². The molecular formula is C34H32F4N6O2. The number of nitrogens with zero attached hydrogens (tertiary/aromatic N) is 5. The monoisotopic (exact) mass is 632 g/mol. The van der Waals surface area contributed by atoms with E-state index in [1.54, 1.807) is 11.0 Å². The topological polar surface area (TPSA) is 89.6 Å². The van der Waals surface area contributed by atoms with Crippen molar-refractivity contribution in [2.45, 2.75) is 56.2 Å². The molecule has 0 spiro atoms. The minimum Gasteiger partial charge on any atom is -0.461 e. The maximum absolute atomic E-state index is 16.8. The molecule has 1 aliphatic carbocycles. The molecule has 8 rings (SSSR count). The van der Waals surface area contributed by atoms with E-state index in [9.17, 15) is 13.2 Å². The highest BCUT2D eigenvalue weighted by molar-refractivity contribution is 6.03. The Balaban J connectivity index is 1.29. The molecule has 46 heavy (non-hydrogen) atoms. The van der Waals surface area contributed by atoms with E-state index >= 15 is 4.39 Å². The average Bonchev–Trinajstić information content (AvgIpc) is 3.49. The maximum Gasteiger partial charge on any atom is 0.319 e. The Morgan fingerprint density at radius 1 is 1.20 bits per heavy atom. The molecular weight excluding hydrogens is 600 g/mol. The molecule has 5 heterocycles. The van der Waals surface area contributed by atoms with Crippen molar-refractivity contribution < 1.29 is 27.0 Å². The fourth-order valence-corrected chi connectivity index (χ4v) is 7.93. The number of nitrogen functional groups attached to an aromatic ring is 1. The first kappa shape index (κ1) is 29.2. The molecule has 2 aromatic carbocycles. The Morgan fingerprint density at radius 3 is 2.87 bits per heavy atom. The van der Waals surface area contributed by atoms with Gasteiger partial charge in [-0.15, -0.1) is 6.42 Å². The van der Waals surface area contributed by atoms with E-state index in [1.807, 2.05) is 6.92 Å². The van der Waals surface area contributed by atoms with E-state index in [0.717, 1.165) is 19.4 Å². The summed E-state index contributed by atoms with van der Waals surface area (Å²) < 4.78 is 73.3. The fourth-order valence-electron chi connectivity index (χ4n) is 7.93. The van der Waals surface area contributed by atoms with Crippen molar-refractivity contribution in [3.63, 3.8) is 0 Å². The van der Waals surface area contributed by atoms with E-state index in [4.69, 9.17) is 21.6 Å². The molecule has 3 saturated heterocycles. The van der Waals surface area contributed by atoms with Crippen molar-refractivity contribution in [1.82, 2.24) is 19.9 Å². The molecule has 1 saturated carbocycles. The minimum atomic E-state index is -1.13. The number of alkyl halides is 2. The lowest BCUT2D eigenvalue weighted by atomic mass is 9.94. The Kier molecular flexibility index (Phi) is 6.78. The Labute approximate surface area is 262 Å². The number of rotatable bonds is 5. The number of hydrogen-bond donors (Lipinski definition) is 1. The third-order valence-electron chi connectivity index (χ3n) is 10.3. The second-order valence-electron chi connectivity index (χ2n) is 12.9. The number of pyridine rings is 1. The van der Waals surface area contributed by atoms with Gasteiger partial charge in [0, 0.05) is 47.8 Å². The van der Waals surface area contributed by atoms with Gasteiger partial charge < -0.3 is 20.1 Å². The summed E-state index contributed by atoms with van der Waals surface area (Å²) in [4.78, 5) is 17.6. The zero-order chi connectivity index (χ0) is 31.9. The lowest BCUT2D eigenvalue weighted by Crippen LogP contribution is -2.46. The van der Waals surface area contributed by atoms with Crippen LogP contribution in [-0.2, 0) is 4.74 Å². The van der Waals surface area contributed by atoms with Crippen LogP contribution in [0.25, 0.3) is 32.9 Å². The summed E-state index contributed by atoms with van der Waals surface area (Å²) in [6.07, 6.45) is 6.99. The summed E-state index contributed by atoms with van der Waals surface area (Å²) in [7, 11) is 0. The van der Waals surface area contributed by atoms with E-state index in [0.29, 0.717) is 30.6 Å². The van der Waals surface area contributed by atoms with Gasteiger partial charge in [-0.2, -0.15) is 9.97 Å². The number of nitrogens with two attached hydrogens (primary N) is 1. The number of benzene rings is 2. The van der Waals surface area contributed by atoms with Crippen LogP contribution < -0.4 is 15.4 Å². The van der Waals surface area contributed by atoms with Crippen molar-refractivity contribution in [2.24, 2.45) is 5.92 Å². The summed E-state index contributed by atoms with van der Waals surface area (Å²) in [5.41, 5.74) is 5.88. The third kappa shape index (κ3) is 4.39. The number of halogens is 4. The largest absolute Gasteiger partial charge is 0.461 e. The van der Waals surface area contributed by atoms with Gasteiger partial charge in [0.25, 0.3) is 0 Å². The smallest absolute Gasteiger partial charge is 0.319 e. The normalized spacial score (nSPS) is 29.0. The van der Waals surface area contributed by atoms with E-state index in [-0.39, 0.29) is 70.1 Å². The van der Waals surface area contributed by atoms with Crippen LogP contribution in [0.4, 0.5) is 29.1 Å². The molecule has 2 N–H and O–H groups in total. The van der Waals surface area contributed by atoms with Crippen LogP contribution in [0.2, 0.25) is 0 Å². The molecule has 0 bridgehead atoms. The van der Waals surface area contributed by atoms with E-state index in [2.05, 4.69) is 25.8 Å². The number of fused-ring (bicyclic) bond motifs is 4. The Hall–Kier alpha value is -4.21. The molecule has 0 amide bonds. The van der Waals surface area contributed by atoms with Gasteiger partial charge in [0.2, 0.25) is 0 Å². The van der Waals surface area contributed by atoms with Crippen molar-refractivity contribution in [3.8, 4) is 29.6 Å². The van der Waals surface area contributed by atoms with Crippen molar-refractivity contribution in [3.05, 3.63) is 47.7 Å². The lowest BCUT2D eigenvalue weighted by molar-refractivity contribution is 0.0879. The van der Waals surface area contributed by atoms with Gasteiger partial charge in [-0.05, 0) is 49.9 Å². The minimum absolute atomic E-state index is 0.0446. The van der Waals surface area contributed by atoms with Gasteiger partial charge in [0.05, 0.1) is 35.7 Å². The zero-order valence-corrected chi connectivity index (χ0v) is 25.1. The second kappa shape index (κ2) is 10.7. The predicted molar refractivity (Wildman–Crippen MR) is 166 cm³/mol. The van der Waals surface area contributed by atoms with Crippen LogP contribution in [0.1, 0.15) is 31.7 Å². The molecule has 3 aliphatic heterocycles. The Morgan fingerprint density at radius 2 is 2.04 bits per heavy atom. The maximum atomic E-state index is 16.8. The van der Waals surface area contributed by atoms with E-state index in [1.165, 1.54) is 24.4 Å². The first-order valence-electron chi connectivity index (χ1n) is 15.6. The number of hydrogen-bond acceptors (Lipinski definition) is 8. The fraction of sp³-hybridized carbons (Fsp3) is 0.441. The molecule has 4 aliphatic rings.